The van der Waals surface area contributed by atoms with E-state index in [9.17, 15) is 13.2 Å². The van der Waals surface area contributed by atoms with E-state index in [1.165, 1.54) is 28.8 Å². The third kappa shape index (κ3) is 4.12. The van der Waals surface area contributed by atoms with Gasteiger partial charge in [0, 0.05) is 37.3 Å². The van der Waals surface area contributed by atoms with Gasteiger partial charge in [0.1, 0.15) is 5.76 Å². The summed E-state index contributed by atoms with van der Waals surface area (Å²) < 4.78 is 31.7. The Balaban J connectivity index is 1.61. The maximum atomic E-state index is 12.6. The highest BCUT2D eigenvalue weighted by Crippen LogP contribution is 2.20. The van der Waals surface area contributed by atoms with Crippen molar-refractivity contribution in [1.29, 1.82) is 0 Å². The molecule has 1 saturated heterocycles. The van der Waals surface area contributed by atoms with E-state index in [1.807, 2.05) is 0 Å². The molecule has 0 bridgehead atoms. The van der Waals surface area contributed by atoms with Crippen LogP contribution in [0.15, 0.2) is 58.1 Å². The van der Waals surface area contributed by atoms with Gasteiger partial charge in [0.05, 0.1) is 11.2 Å². The minimum atomic E-state index is -3.57. The lowest BCUT2D eigenvalue weighted by Crippen LogP contribution is -2.50. The molecule has 1 aliphatic rings. The van der Waals surface area contributed by atoms with Crippen molar-refractivity contribution in [3.05, 3.63) is 59.5 Å². The molecule has 0 aliphatic carbocycles. The Morgan fingerprint density at radius 2 is 1.76 bits per heavy atom. The van der Waals surface area contributed by atoms with Gasteiger partial charge in [-0.1, -0.05) is 11.6 Å². The Kier molecular flexibility index (Phi) is 5.27. The van der Waals surface area contributed by atoms with E-state index in [0.29, 0.717) is 23.9 Å². The number of carbonyl (C=O) groups is 1. The summed E-state index contributed by atoms with van der Waals surface area (Å²) in [5, 5.41) is 0.484. The first kappa shape index (κ1) is 17.7. The molecule has 0 spiro atoms. The number of sulfonamides is 1. The first-order valence-corrected chi connectivity index (χ1v) is 9.55. The molecule has 0 unspecified atom stereocenters. The number of benzene rings is 1. The third-order valence-corrected chi connectivity index (χ3v) is 6.10. The molecule has 2 heterocycles. The minimum Gasteiger partial charge on any atom is -0.465 e. The fraction of sp³-hybridized carbons (Fsp3) is 0.235. The molecule has 1 aliphatic heterocycles. The minimum absolute atomic E-state index is 0.167. The number of piperazine rings is 1. The van der Waals surface area contributed by atoms with Crippen molar-refractivity contribution in [2.45, 2.75) is 4.90 Å². The molecule has 0 atom stereocenters. The molecule has 1 amide bonds. The Labute approximate surface area is 151 Å². The molecule has 3 rings (SSSR count). The van der Waals surface area contributed by atoms with Crippen LogP contribution in [0.4, 0.5) is 0 Å². The number of halogens is 1. The summed E-state index contributed by atoms with van der Waals surface area (Å²) in [6.45, 7) is 1.19. The first-order chi connectivity index (χ1) is 12.0. The molecule has 0 N–H and O–H groups in total. The predicted octanol–water partition coefficient (Wildman–Crippen LogP) is 2.48. The lowest BCUT2D eigenvalue weighted by Gasteiger charge is -2.33. The van der Waals surface area contributed by atoms with Gasteiger partial charge < -0.3 is 9.32 Å². The highest BCUT2D eigenvalue weighted by atomic mass is 35.5. The highest BCUT2D eigenvalue weighted by Gasteiger charge is 2.29. The SMILES string of the molecule is O=C(C=Cc1ccco1)N1CCN(S(=O)(=O)c2ccc(Cl)cc2)CC1. The Morgan fingerprint density at radius 1 is 1.08 bits per heavy atom. The smallest absolute Gasteiger partial charge is 0.246 e. The molecule has 0 saturated carbocycles. The second-order valence-corrected chi connectivity index (χ2v) is 7.91. The van der Waals surface area contributed by atoms with Gasteiger partial charge in [-0.15, -0.1) is 0 Å². The molecule has 1 aromatic carbocycles. The Hall–Kier alpha value is -2.09. The average molecular weight is 381 g/mol. The van der Waals surface area contributed by atoms with Crippen molar-refractivity contribution in [3.8, 4) is 0 Å². The topological polar surface area (TPSA) is 70.8 Å². The van der Waals surface area contributed by atoms with Crippen LogP contribution in [0.25, 0.3) is 6.08 Å². The van der Waals surface area contributed by atoms with Crippen LogP contribution in [0.3, 0.4) is 0 Å². The van der Waals surface area contributed by atoms with Crippen LogP contribution in [0, 0.1) is 0 Å². The number of hydrogen-bond acceptors (Lipinski definition) is 4. The summed E-state index contributed by atoms with van der Waals surface area (Å²) in [7, 11) is -3.57. The van der Waals surface area contributed by atoms with E-state index in [4.69, 9.17) is 16.0 Å². The number of carbonyl (C=O) groups excluding carboxylic acids is 1. The quantitative estimate of drug-likeness (QED) is 0.764. The summed E-state index contributed by atoms with van der Waals surface area (Å²) in [5.74, 6) is 0.428. The van der Waals surface area contributed by atoms with Crippen LogP contribution >= 0.6 is 11.6 Å². The van der Waals surface area contributed by atoms with Crippen molar-refractivity contribution in [1.82, 2.24) is 9.21 Å². The van der Waals surface area contributed by atoms with Gasteiger partial charge in [-0.3, -0.25) is 4.79 Å². The fourth-order valence-electron chi connectivity index (χ4n) is 2.55. The summed E-state index contributed by atoms with van der Waals surface area (Å²) in [4.78, 5) is 14.0. The molecular weight excluding hydrogens is 364 g/mol. The Bertz CT molecular complexity index is 853. The van der Waals surface area contributed by atoms with Gasteiger partial charge in [-0.25, -0.2) is 8.42 Å². The molecule has 8 heteroatoms. The first-order valence-electron chi connectivity index (χ1n) is 7.73. The lowest BCUT2D eigenvalue weighted by atomic mass is 10.3. The van der Waals surface area contributed by atoms with Crippen molar-refractivity contribution in [2.24, 2.45) is 0 Å². The van der Waals surface area contributed by atoms with Crippen molar-refractivity contribution in [3.63, 3.8) is 0 Å². The van der Waals surface area contributed by atoms with E-state index in [0.717, 1.165) is 0 Å². The van der Waals surface area contributed by atoms with E-state index < -0.39 is 10.0 Å². The Morgan fingerprint density at radius 3 is 2.36 bits per heavy atom. The van der Waals surface area contributed by atoms with Gasteiger partial charge >= 0.3 is 0 Å². The highest BCUT2D eigenvalue weighted by molar-refractivity contribution is 7.89. The molecule has 25 heavy (non-hydrogen) atoms. The zero-order valence-corrected chi connectivity index (χ0v) is 14.9. The van der Waals surface area contributed by atoms with Crippen molar-refractivity contribution in [2.75, 3.05) is 26.2 Å². The van der Waals surface area contributed by atoms with E-state index in [-0.39, 0.29) is 23.9 Å². The van der Waals surface area contributed by atoms with Gasteiger partial charge in [-0.05, 0) is 42.5 Å². The van der Waals surface area contributed by atoms with Crippen LogP contribution in [-0.2, 0) is 14.8 Å². The number of hydrogen-bond donors (Lipinski definition) is 0. The average Bonchev–Trinajstić information content (AvgIpc) is 3.14. The monoisotopic (exact) mass is 380 g/mol. The lowest BCUT2D eigenvalue weighted by molar-refractivity contribution is -0.127. The number of rotatable bonds is 4. The standard InChI is InChI=1S/C17H17ClN2O4S/c18-14-3-6-16(7-4-14)25(22,23)20-11-9-19(10-12-20)17(21)8-5-15-2-1-13-24-15/h1-8,13H,9-12H2. The predicted molar refractivity (Wildman–Crippen MR) is 94.5 cm³/mol. The fourth-order valence-corrected chi connectivity index (χ4v) is 4.10. The van der Waals surface area contributed by atoms with Crippen LogP contribution in [0.5, 0.6) is 0 Å². The molecule has 1 fully saturated rings. The van der Waals surface area contributed by atoms with Crippen molar-refractivity contribution >= 4 is 33.6 Å². The number of amides is 1. The van der Waals surface area contributed by atoms with Gasteiger partial charge in [0.25, 0.3) is 0 Å². The molecule has 132 valence electrons. The zero-order valence-electron chi connectivity index (χ0n) is 13.3. The van der Waals surface area contributed by atoms with E-state index in [1.54, 1.807) is 35.2 Å². The largest absolute Gasteiger partial charge is 0.465 e. The van der Waals surface area contributed by atoms with E-state index in [2.05, 4.69) is 0 Å². The van der Waals surface area contributed by atoms with Crippen LogP contribution in [0.2, 0.25) is 5.02 Å². The second-order valence-electron chi connectivity index (χ2n) is 5.53. The van der Waals surface area contributed by atoms with Gasteiger partial charge in [0.2, 0.25) is 15.9 Å². The summed E-state index contributed by atoms with van der Waals surface area (Å²) in [6.07, 6.45) is 4.56. The summed E-state index contributed by atoms with van der Waals surface area (Å²) in [5.41, 5.74) is 0. The molecule has 1 aromatic heterocycles. The molecule has 0 radical (unpaired) electrons. The number of furan rings is 1. The molecular formula is C17H17ClN2O4S. The normalized spacial score (nSPS) is 16.4. The molecule has 6 nitrogen and oxygen atoms in total. The molecule has 2 aromatic rings. The van der Waals surface area contributed by atoms with Crippen LogP contribution in [-0.4, -0.2) is 49.7 Å². The van der Waals surface area contributed by atoms with Crippen LogP contribution in [0.1, 0.15) is 5.76 Å². The zero-order chi connectivity index (χ0) is 17.9. The summed E-state index contributed by atoms with van der Waals surface area (Å²) >= 11 is 5.80. The maximum Gasteiger partial charge on any atom is 0.246 e. The summed E-state index contributed by atoms with van der Waals surface area (Å²) in [6, 6.07) is 9.56. The number of nitrogens with zero attached hydrogens (tertiary/aromatic N) is 2. The van der Waals surface area contributed by atoms with Crippen molar-refractivity contribution < 1.29 is 17.6 Å². The third-order valence-electron chi connectivity index (χ3n) is 3.94. The maximum absolute atomic E-state index is 12.6. The van der Waals surface area contributed by atoms with Gasteiger partial charge in [0.15, 0.2) is 0 Å². The van der Waals surface area contributed by atoms with Gasteiger partial charge in [-0.2, -0.15) is 4.31 Å². The van der Waals surface area contributed by atoms with Crippen LogP contribution < -0.4 is 0 Å². The second kappa shape index (κ2) is 7.43. The van der Waals surface area contributed by atoms with E-state index >= 15 is 0 Å².